The van der Waals surface area contributed by atoms with Crippen LogP contribution in [0, 0.1) is 5.41 Å². The zero-order valence-electron chi connectivity index (χ0n) is 19.1. The number of carbonyl (C=O) groups excluding carboxylic acids is 1. The highest BCUT2D eigenvalue weighted by Gasteiger charge is 2.38. The molecule has 1 atom stereocenters. The number of nitrogens with two attached hydrogens (primary N) is 1. The molecule has 1 aromatic rings. The molecule has 33 heavy (non-hydrogen) atoms. The Morgan fingerprint density at radius 2 is 1.73 bits per heavy atom. The Kier molecular flexibility index (Phi) is 12.3. The predicted molar refractivity (Wildman–Crippen MR) is 121 cm³/mol. The lowest BCUT2D eigenvalue weighted by molar-refractivity contribution is -0.192. The monoisotopic (exact) mass is 472 g/mol. The number of halogens is 3. The van der Waals surface area contributed by atoms with Crippen LogP contribution in [0.5, 0.6) is 0 Å². The van der Waals surface area contributed by atoms with Gasteiger partial charge in [-0.25, -0.2) is 4.79 Å². The number of nitrogens with zero attached hydrogens (tertiary/aromatic N) is 1. The number of carboxylic acids is 1. The normalized spacial score (nSPS) is 15.5. The van der Waals surface area contributed by atoms with Gasteiger partial charge >= 0.3 is 12.1 Å². The van der Waals surface area contributed by atoms with Crippen molar-refractivity contribution in [2.24, 2.45) is 5.73 Å². The van der Waals surface area contributed by atoms with Crippen molar-refractivity contribution in [3.63, 3.8) is 0 Å². The first-order valence-corrected chi connectivity index (χ1v) is 11.3. The maximum Gasteiger partial charge on any atom is 0.490 e. The molecule has 186 valence electrons. The Labute approximate surface area is 193 Å². The van der Waals surface area contributed by atoms with Crippen molar-refractivity contribution in [1.82, 2.24) is 10.2 Å². The number of nitrogens with one attached hydrogen (secondary N) is 2. The second-order valence-corrected chi connectivity index (χ2v) is 8.10. The largest absolute Gasteiger partial charge is 0.490 e. The van der Waals surface area contributed by atoms with E-state index in [4.69, 9.17) is 21.0 Å². The van der Waals surface area contributed by atoms with Gasteiger partial charge < -0.3 is 21.1 Å². The summed E-state index contributed by atoms with van der Waals surface area (Å²) in [6.45, 7) is 3.59. The van der Waals surface area contributed by atoms with E-state index in [9.17, 15) is 18.0 Å². The number of hydrogen-bond acceptors (Lipinski definition) is 3. The van der Waals surface area contributed by atoms with Crippen molar-refractivity contribution in [3.05, 3.63) is 35.4 Å². The summed E-state index contributed by atoms with van der Waals surface area (Å²) in [5.74, 6) is -2.71. The Morgan fingerprint density at radius 1 is 1.15 bits per heavy atom. The molecule has 0 aromatic heterocycles. The van der Waals surface area contributed by atoms with Gasteiger partial charge in [0.15, 0.2) is 5.96 Å². The molecule has 0 spiro atoms. The molecule has 1 amide bonds. The van der Waals surface area contributed by atoms with Crippen molar-refractivity contribution in [2.45, 2.75) is 76.9 Å². The molecule has 0 saturated carbocycles. The third-order valence-corrected chi connectivity index (χ3v) is 5.46. The second-order valence-electron chi connectivity index (χ2n) is 8.10. The molecule has 1 aliphatic heterocycles. The highest BCUT2D eigenvalue weighted by molar-refractivity contribution is 5.94. The van der Waals surface area contributed by atoms with Gasteiger partial charge in [0.2, 0.25) is 0 Å². The zero-order chi connectivity index (χ0) is 24.9. The molecule has 1 heterocycles. The second kappa shape index (κ2) is 14.4. The number of amides is 1. The molecular formula is C23H35F3N4O3. The number of unbranched alkanes of at least 4 members (excludes halogenated alkanes) is 5. The number of guanidine groups is 1. The van der Waals surface area contributed by atoms with Gasteiger partial charge in [-0.1, -0.05) is 51.2 Å². The van der Waals surface area contributed by atoms with Crippen LogP contribution >= 0.6 is 0 Å². The van der Waals surface area contributed by atoms with Crippen LogP contribution in [0.3, 0.4) is 0 Å². The van der Waals surface area contributed by atoms with E-state index in [1.165, 1.54) is 44.1 Å². The van der Waals surface area contributed by atoms with Crippen molar-refractivity contribution in [2.75, 3.05) is 13.1 Å². The number of alkyl halides is 3. The van der Waals surface area contributed by atoms with Gasteiger partial charge in [-0.15, -0.1) is 0 Å². The molecule has 1 aromatic carbocycles. The number of carbonyl (C=O) groups is 2. The van der Waals surface area contributed by atoms with E-state index >= 15 is 0 Å². The van der Waals surface area contributed by atoms with Gasteiger partial charge in [0.25, 0.3) is 5.91 Å². The summed E-state index contributed by atoms with van der Waals surface area (Å²) in [4.78, 5) is 23.1. The van der Waals surface area contributed by atoms with E-state index in [-0.39, 0.29) is 17.9 Å². The first-order chi connectivity index (χ1) is 15.6. The summed E-state index contributed by atoms with van der Waals surface area (Å²) in [5.41, 5.74) is 7.59. The molecule has 10 heteroatoms. The Morgan fingerprint density at radius 3 is 2.27 bits per heavy atom. The fraction of sp³-hybridized carbons (Fsp3) is 0.609. The van der Waals surface area contributed by atoms with Crippen LogP contribution in [0.4, 0.5) is 13.2 Å². The summed E-state index contributed by atoms with van der Waals surface area (Å²) < 4.78 is 31.7. The quantitative estimate of drug-likeness (QED) is 0.230. The van der Waals surface area contributed by atoms with Crippen LogP contribution in [-0.2, 0) is 11.2 Å². The van der Waals surface area contributed by atoms with Gasteiger partial charge in [-0.3, -0.25) is 10.2 Å². The first kappa shape index (κ1) is 28.3. The highest BCUT2D eigenvalue weighted by Crippen LogP contribution is 2.16. The Bertz CT molecular complexity index is 754. The third-order valence-electron chi connectivity index (χ3n) is 5.46. The number of benzene rings is 1. The van der Waals surface area contributed by atoms with Crippen LogP contribution < -0.4 is 11.1 Å². The van der Waals surface area contributed by atoms with Crippen molar-refractivity contribution >= 4 is 17.8 Å². The van der Waals surface area contributed by atoms with E-state index in [0.29, 0.717) is 12.1 Å². The van der Waals surface area contributed by atoms with Crippen molar-refractivity contribution in [1.29, 1.82) is 5.41 Å². The molecule has 0 unspecified atom stereocenters. The van der Waals surface area contributed by atoms with Gasteiger partial charge in [-0.05, 0) is 43.4 Å². The van der Waals surface area contributed by atoms with Crippen LogP contribution in [0.1, 0.15) is 74.2 Å². The molecule has 1 fully saturated rings. The number of likely N-dealkylation sites (tertiary alicyclic amines) is 1. The average Bonchev–Trinajstić information content (AvgIpc) is 3.24. The van der Waals surface area contributed by atoms with Crippen LogP contribution in [0.25, 0.3) is 0 Å². The maximum atomic E-state index is 12.3. The van der Waals surface area contributed by atoms with Crippen LogP contribution in [0.2, 0.25) is 0 Å². The summed E-state index contributed by atoms with van der Waals surface area (Å²) in [7, 11) is 0. The molecule has 0 radical (unpaired) electrons. The molecule has 7 nitrogen and oxygen atoms in total. The standard InChI is InChI=1S/C21H34N4O.C2HF3O2/c1-2-3-4-5-6-7-9-17-11-13-18(14-12-17)20(26)24-16-19-10-8-15-25(19)21(22)23;3-2(4,5)1(6)7/h11-14,19H,2-10,15-16H2,1H3,(H3,22,23)(H,24,26);(H,6,7)/t19-;/m0./s1. The summed E-state index contributed by atoms with van der Waals surface area (Å²) in [6, 6.07) is 8.11. The molecule has 0 bridgehead atoms. The molecular weight excluding hydrogens is 437 g/mol. The average molecular weight is 473 g/mol. The van der Waals surface area contributed by atoms with Gasteiger partial charge in [0, 0.05) is 24.7 Å². The molecule has 0 aliphatic carbocycles. The third kappa shape index (κ3) is 11.1. The first-order valence-electron chi connectivity index (χ1n) is 11.3. The van der Waals surface area contributed by atoms with Gasteiger partial charge in [-0.2, -0.15) is 13.2 Å². The summed E-state index contributed by atoms with van der Waals surface area (Å²) in [5, 5.41) is 17.7. The Hall–Kier alpha value is -2.78. The molecule has 2 rings (SSSR count). The zero-order valence-corrected chi connectivity index (χ0v) is 19.1. The number of aliphatic carboxylic acids is 1. The minimum Gasteiger partial charge on any atom is -0.475 e. The fourth-order valence-electron chi connectivity index (χ4n) is 3.61. The fourth-order valence-corrected chi connectivity index (χ4v) is 3.61. The molecule has 1 saturated heterocycles. The van der Waals surface area contributed by atoms with Crippen LogP contribution in [-0.4, -0.2) is 53.2 Å². The number of rotatable bonds is 10. The highest BCUT2D eigenvalue weighted by atomic mass is 19.4. The number of carboxylic acid groups (broad SMARTS) is 1. The SMILES string of the molecule is CCCCCCCCc1ccc(C(=O)NC[C@@H]2CCCN2C(=N)N)cc1.O=C(O)C(F)(F)F. The topological polar surface area (TPSA) is 120 Å². The summed E-state index contributed by atoms with van der Waals surface area (Å²) >= 11 is 0. The molecule has 1 aliphatic rings. The molecule has 5 N–H and O–H groups in total. The van der Waals surface area contributed by atoms with E-state index < -0.39 is 12.1 Å². The van der Waals surface area contributed by atoms with Gasteiger partial charge in [0.05, 0.1) is 0 Å². The number of hydrogen-bond donors (Lipinski definition) is 4. The van der Waals surface area contributed by atoms with E-state index in [1.54, 1.807) is 0 Å². The maximum absolute atomic E-state index is 12.3. The minimum absolute atomic E-state index is 0.0495. The smallest absolute Gasteiger partial charge is 0.475 e. The lowest BCUT2D eigenvalue weighted by Gasteiger charge is -2.24. The lowest BCUT2D eigenvalue weighted by atomic mass is 10.0. The predicted octanol–water partition coefficient (Wildman–Crippen LogP) is 4.31. The van der Waals surface area contributed by atoms with E-state index in [1.807, 2.05) is 17.0 Å². The number of aryl methyl sites for hydroxylation is 1. The lowest BCUT2D eigenvalue weighted by Crippen LogP contribution is -2.45. The van der Waals surface area contributed by atoms with Crippen molar-refractivity contribution in [3.8, 4) is 0 Å². The van der Waals surface area contributed by atoms with Crippen molar-refractivity contribution < 1.29 is 27.9 Å². The van der Waals surface area contributed by atoms with Gasteiger partial charge in [0.1, 0.15) is 0 Å². The van der Waals surface area contributed by atoms with E-state index in [2.05, 4.69) is 24.4 Å². The Balaban J connectivity index is 0.000000675. The summed E-state index contributed by atoms with van der Waals surface area (Å²) in [6.07, 6.45) is 5.80. The minimum atomic E-state index is -5.08. The van der Waals surface area contributed by atoms with E-state index in [0.717, 1.165) is 25.8 Å². The van der Waals surface area contributed by atoms with Crippen LogP contribution in [0.15, 0.2) is 24.3 Å².